The zero-order valence-electron chi connectivity index (χ0n) is 22.2. The van der Waals surface area contributed by atoms with Gasteiger partial charge in [0, 0.05) is 18.0 Å². The minimum atomic E-state index is -0.612. The highest BCUT2D eigenvalue weighted by atomic mass is 16.6. The first-order valence-corrected chi connectivity index (χ1v) is 12.9. The van der Waals surface area contributed by atoms with Crippen LogP contribution in [-0.4, -0.2) is 28.8 Å². The van der Waals surface area contributed by atoms with Crippen molar-refractivity contribution >= 4 is 33.7 Å². The molecule has 1 amide bonds. The number of hydrogen-bond donors (Lipinski definition) is 1. The lowest BCUT2D eigenvalue weighted by Crippen LogP contribution is -2.33. The average Bonchev–Trinajstić information content (AvgIpc) is 3.66. The van der Waals surface area contributed by atoms with Crippen molar-refractivity contribution in [3.05, 3.63) is 71.4 Å². The zero-order valence-corrected chi connectivity index (χ0v) is 22.2. The number of ether oxygens (including phenoxy) is 2. The molecule has 1 aliphatic carbocycles. The predicted molar refractivity (Wildman–Crippen MR) is 147 cm³/mol. The molecule has 6 nitrogen and oxygen atoms in total. The van der Waals surface area contributed by atoms with Crippen LogP contribution in [0.25, 0.3) is 32.8 Å². The number of esters is 1. The summed E-state index contributed by atoms with van der Waals surface area (Å²) < 4.78 is 12.9. The van der Waals surface area contributed by atoms with Gasteiger partial charge in [0.1, 0.15) is 5.60 Å². The molecule has 0 saturated heterocycles. The van der Waals surface area contributed by atoms with Gasteiger partial charge in [-0.3, -0.25) is 0 Å². The van der Waals surface area contributed by atoms with E-state index in [0.29, 0.717) is 17.2 Å². The van der Waals surface area contributed by atoms with E-state index in [0.717, 1.165) is 34.9 Å². The molecule has 0 radical (unpaired) electrons. The van der Waals surface area contributed by atoms with E-state index < -0.39 is 17.7 Å². The van der Waals surface area contributed by atoms with Crippen LogP contribution in [0.2, 0.25) is 0 Å². The topological polar surface area (TPSA) is 69.6 Å². The lowest BCUT2D eigenvalue weighted by molar-refractivity contribution is 0.0502. The van der Waals surface area contributed by atoms with Gasteiger partial charge in [-0.2, -0.15) is 0 Å². The molecule has 0 spiro atoms. The van der Waals surface area contributed by atoms with Crippen molar-refractivity contribution in [2.75, 3.05) is 6.61 Å². The van der Waals surface area contributed by atoms with E-state index in [-0.39, 0.29) is 13.2 Å². The Bertz CT molecular complexity index is 1500. The Morgan fingerprint density at radius 2 is 1.73 bits per heavy atom. The zero-order chi connectivity index (χ0) is 26.3. The fraction of sp³-hybridized carbons (Fsp3) is 0.355. The van der Waals surface area contributed by atoms with Crippen LogP contribution in [0.4, 0.5) is 4.79 Å². The first-order chi connectivity index (χ1) is 17.7. The van der Waals surface area contributed by atoms with Crippen molar-refractivity contribution in [3.8, 4) is 11.1 Å². The molecule has 0 aliphatic heterocycles. The van der Waals surface area contributed by atoms with E-state index in [1.54, 1.807) is 6.92 Å². The van der Waals surface area contributed by atoms with Gasteiger partial charge >= 0.3 is 12.1 Å². The van der Waals surface area contributed by atoms with Crippen LogP contribution in [0.15, 0.2) is 54.6 Å². The highest BCUT2D eigenvalue weighted by Gasteiger charge is 2.30. The smallest absolute Gasteiger partial charge is 0.407 e. The van der Waals surface area contributed by atoms with Gasteiger partial charge in [-0.15, -0.1) is 0 Å². The van der Waals surface area contributed by atoms with Gasteiger partial charge in [0.05, 0.1) is 24.4 Å². The lowest BCUT2D eigenvalue weighted by Gasteiger charge is -2.20. The minimum absolute atomic E-state index is 0.149. The Balaban J connectivity index is 1.69. The van der Waals surface area contributed by atoms with Crippen LogP contribution >= 0.6 is 0 Å². The number of hydrogen-bond acceptors (Lipinski definition) is 4. The van der Waals surface area contributed by atoms with Crippen LogP contribution in [0.3, 0.4) is 0 Å². The van der Waals surface area contributed by atoms with Crippen molar-refractivity contribution in [3.63, 3.8) is 0 Å². The summed E-state index contributed by atoms with van der Waals surface area (Å²) in [5.41, 5.74) is 5.12. The Morgan fingerprint density at radius 1 is 1.00 bits per heavy atom. The third kappa shape index (κ3) is 4.93. The summed E-state index contributed by atoms with van der Waals surface area (Å²) in [6.45, 7) is 7.68. The number of aromatic nitrogens is 1. The minimum Gasteiger partial charge on any atom is -0.462 e. The molecule has 5 rings (SSSR count). The number of carbonyl (C=O) groups excluding carboxylic acids is 2. The molecule has 0 bridgehead atoms. The molecule has 1 heterocycles. The summed E-state index contributed by atoms with van der Waals surface area (Å²) in [5.74, 6) is 0.111. The summed E-state index contributed by atoms with van der Waals surface area (Å²) in [6, 6.07) is 19.1. The SMILES string of the molecule is CCOC(=O)c1c(CNC(=O)OC(C)(C)C)n(C)c2cc(C3CC3)c(-c3cccc4ccccc34)cc12. The fourth-order valence-electron chi connectivity index (χ4n) is 5.08. The molecule has 0 unspecified atom stereocenters. The summed E-state index contributed by atoms with van der Waals surface area (Å²) in [6.07, 6.45) is 1.79. The molecule has 1 aliphatic rings. The van der Waals surface area contributed by atoms with E-state index in [9.17, 15) is 9.59 Å². The number of aryl methyl sites for hydroxylation is 1. The van der Waals surface area contributed by atoms with Gasteiger partial charge in [-0.05, 0) is 86.1 Å². The quantitative estimate of drug-likeness (QED) is 0.289. The number of rotatable bonds is 6. The molecule has 6 heteroatoms. The van der Waals surface area contributed by atoms with Crippen molar-refractivity contribution in [2.45, 2.75) is 58.6 Å². The van der Waals surface area contributed by atoms with Crippen LogP contribution < -0.4 is 5.32 Å². The standard InChI is InChI=1S/C31H34N2O4/c1-6-36-29(34)28-25-16-24(22-13-9-11-19-10-7-8-12-21(19)22)23(20-14-15-20)17-26(25)33(5)27(28)18-32-30(35)37-31(2,3)4/h7-13,16-17,20H,6,14-15,18H2,1-5H3,(H,32,35). The second kappa shape index (κ2) is 9.58. The Hall–Kier alpha value is -3.80. The molecule has 1 N–H and O–H groups in total. The number of carbonyl (C=O) groups is 2. The van der Waals surface area contributed by atoms with Crippen LogP contribution in [-0.2, 0) is 23.1 Å². The Morgan fingerprint density at radius 3 is 2.43 bits per heavy atom. The largest absolute Gasteiger partial charge is 0.462 e. The van der Waals surface area contributed by atoms with Gasteiger partial charge < -0.3 is 19.4 Å². The average molecular weight is 499 g/mol. The molecular formula is C31H34N2O4. The monoisotopic (exact) mass is 498 g/mol. The van der Waals surface area contributed by atoms with Gasteiger partial charge in [-0.1, -0.05) is 42.5 Å². The van der Waals surface area contributed by atoms with E-state index in [1.165, 1.54) is 16.3 Å². The van der Waals surface area contributed by atoms with E-state index >= 15 is 0 Å². The molecule has 3 aromatic carbocycles. The molecule has 1 fully saturated rings. The van der Waals surface area contributed by atoms with Crippen molar-refractivity contribution in [1.29, 1.82) is 0 Å². The molecule has 1 aromatic heterocycles. The van der Waals surface area contributed by atoms with Crippen LogP contribution in [0.1, 0.15) is 68.1 Å². The van der Waals surface area contributed by atoms with Gasteiger partial charge in [0.25, 0.3) is 0 Å². The summed E-state index contributed by atoms with van der Waals surface area (Å²) >= 11 is 0. The van der Waals surface area contributed by atoms with Gasteiger partial charge in [0.2, 0.25) is 0 Å². The highest BCUT2D eigenvalue weighted by Crippen LogP contribution is 2.47. The second-order valence-corrected chi connectivity index (χ2v) is 10.7. The third-order valence-electron chi connectivity index (χ3n) is 6.87. The van der Waals surface area contributed by atoms with E-state index in [4.69, 9.17) is 9.47 Å². The summed E-state index contributed by atoms with van der Waals surface area (Å²) in [5, 5.41) is 6.02. The van der Waals surface area contributed by atoms with Gasteiger partial charge in [0.15, 0.2) is 0 Å². The molecule has 192 valence electrons. The maximum absolute atomic E-state index is 13.3. The fourth-order valence-corrected chi connectivity index (χ4v) is 5.08. The molecular weight excluding hydrogens is 464 g/mol. The molecule has 37 heavy (non-hydrogen) atoms. The van der Waals surface area contributed by atoms with E-state index in [2.05, 4.69) is 59.9 Å². The predicted octanol–water partition coefficient (Wildman–Crippen LogP) is 7.08. The summed E-state index contributed by atoms with van der Waals surface area (Å²) in [7, 11) is 1.94. The van der Waals surface area contributed by atoms with Gasteiger partial charge in [-0.25, -0.2) is 9.59 Å². The normalized spacial score (nSPS) is 13.6. The number of nitrogens with zero attached hydrogens (tertiary/aromatic N) is 1. The maximum Gasteiger partial charge on any atom is 0.407 e. The Labute approximate surface area is 217 Å². The van der Waals surface area contributed by atoms with Crippen molar-refractivity contribution < 1.29 is 19.1 Å². The lowest BCUT2D eigenvalue weighted by atomic mass is 9.91. The number of nitrogens with one attached hydrogen (secondary N) is 1. The second-order valence-electron chi connectivity index (χ2n) is 10.7. The number of amides is 1. The first-order valence-electron chi connectivity index (χ1n) is 12.9. The van der Waals surface area contributed by atoms with Crippen molar-refractivity contribution in [1.82, 2.24) is 9.88 Å². The molecule has 0 atom stereocenters. The van der Waals surface area contributed by atoms with E-state index in [1.807, 2.05) is 32.4 Å². The maximum atomic E-state index is 13.3. The number of fused-ring (bicyclic) bond motifs is 2. The number of alkyl carbamates (subject to hydrolysis) is 1. The van der Waals surface area contributed by atoms with Crippen LogP contribution in [0.5, 0.6) is 0 Å². The third-order valence-corrected chi connectivity index (χ3v) is 6.87. The summed E-state index contributed by atoms with van der Waals surface area (Å²) in [4.78, 5) is 25.7. The highest BCUT2D eigenvalue weighted by molar-refractivity contribution is 6.09. The number of benzene rings is 3. The Kier molecular flexibility index (Phi) is 6.44. The van der Waals surface area contributed by atoms with Crippen molar-refractivity contribution in [2.24, 2.45) is 7.05 Å². The molecule has 1 saturated carbocycles. The molecule has 4 aromatic rings. The first kappa shape index (κ1) is 24.9. The van der Waals surface area contributed by atoms with Crippen LogP contribution in [0, 0.1) is 0 Å².